The van der Waals surface area contributed by atoms with E-state index in [1.54, 1.807) is 0 Å². The van der Waals surface area contributed by atoms with Crippen LogP contribution in [0.1, 0.15) is 30.5 Å². The van der Waals surface area contributed by atoms with E-state index in [1.165, 1.54) is 27.1 Å². The van der Waals surface area contributed by atoms with E-state index in [0.29, 0.717) is 5.92 Å². The molecule has 0 fully saturated rings. The Bertz CT molecular complexity index is 1340. The van der Waals surface area contributed by atoms with Crippen LogP contribution in [0.5, 0.6) is 0 Å². The van der Waals surface area contributed by atoms with Gasteiger partial charge in [-0.1, -0.05) is 83.3 Å². The van der Waals surface area contributed by atoms with Gasteiger partial charge in [0, 0.05) is 32.5 Å². The summed E-state index contributed by atoms with van der Waals surface area (Å²) in [6, 6.07) is 25.3. The molecular formula is C34H44IrN2Si2-2. The molecule has 0 N–H and O–H groups in total. The Morgan fingerprint density at radius 2 is 1.33 bits per heavy atom. The molecule has 2 aromatic heterocycles. The summed E-state index contributed by atoms with van der Waals surface area (Å²) in [5, 5.41) is 2.93. The van der Waals surface area contributed by atoms with Crippen LogP contribution in [-0.2, 0) is 26.5 Å². The molecular weight excluding hydrogens is 685 g/mol. The third-order valence-electron chi connectivity index (χ3n) is 6.57. The van der Waals surface area contributed by atoms with Crippen molar-refractivity contribution >= 4 is 26.5 Å². The van der Waals surface area contributed by atoms with Crippen molar-refractivity contribution in [2.24, 2.45) is 5.92 Å². The Hall–Kier alpha value is -2.18. The predicted octanol–water partition coefficient (Wildman–Crippen LogP) is 8.00. The van der Waals surface area contributed by atoms with Gasteiger partial charge in [-0.15, -0.1) is 71.3 Å². The molecule has 0 saturated carbocycles. The van der Waals surface area contributed by atoms with E-state index < -0.39 is 16.1 Å². The fourth-order valence-corrected chi connectivity index (χ4v) is 7.93. The average Bonchev–Trinajstić information content (AvgIpc) is 2.83. The van der Waals surface area contributed by atoms with Gasteiger partial charge in [0.25, 0.3) is 0 Å². The number of hydrogen-bond acceptors (Lipinski definition) is 2. The van der Waals surface area contributed by atoms with E-state index in [0.717, 1.165) is 28.9 Å². The maximum Gasteiger partial charge on any atom is 0.0798 e. The van der Waals surface area contributed by atoms with E-state index in [-0.39, 0.29) is 20.1 Å². The largest absolute Gasteiger partial charge is 0.305 e. The van der Waals surface area contributed by atoms with Gasteiger partial charge < -0.3 is 9.97 Å². The molecule has 0 atom stereocenters. The number of pyridine rings is 2. The number of aromatic nitrogens is 2. The SMILES string of the molecule is Cc1c[c-]c(-c2cc(CC(C)C)c([Si](C)(C)C)cn2)cc1.Cc1cc(-c2[c-]cccc2)ncc1[Si](C)(C)C.[Ir]. The predicted molar refractivity (Wildman–Crippen MR) is 171 cm³/mol. The van der Waals surface area contributed by atoms with Gasteiger partial charge in [-0.3, -0.25) is 0 Å². The van der Waals surface area contributed by atoms with Crippen LogP contribution in [0.3, 0.4) is 0 Å². The van der Waals surface area contributed by atoms with Crippen LogP contribution in [0.2, 0.25) is 39.3 Å². The quantitative estimate of drug-likeness (QED) is 0.149. The molecule has 209 valence electrons. The van der Waals surface area contributed by atoms with Gasteiger partial charge in [0.2, 0.25) is 0 Å². The first-order chi connectivity index (χ1) is 17.8. The topological polar surface area (TPSA) is 25.8 Å². The van der Waals surface area contributed by atoms with Crippen LogP contribution in [0.4, 0.5) is 0 Å². The van der Waals surface area contributed by atoms with E-state index in [1.807, 2.05) is 24.3 Å². The van der Waals surface area contributed by atoms with Crippen LogP contribution in [0.25, 0.3) is 22.5 Å². The minimum Gasteiger partial charge on any atom is -0.305 e. The van der Waals surface area contributed by atoms with Crippen molar-refractivity contribution < 1.29 is 20.1 Å². The summed E-state index contributed by atoms with van der Waals surface area (Å²) >= 11 is 0. The second kappa shape index (κ2) is 13.9. The zero-order valence-electron chi connectivity index (χ0n) is 25.4. The summed E-state index contributed by atoms with van der Waals surface area (Å²) in [5.74, 6) is 0.664. The Morgan fingerprint density at radius 1 is 0.744 bits per heavy atom. The fourth-order valence-electron chi connectivity index (χ4n) is 4.63. The molecule has 0 bridgehead atoms. The maximum absolute atomic E-state index is 4.72. The molecule has 5 heteroatoms. The van der Waals surface area contributed by atoms with Gasteiger partial charge in [0.1, 0.15) is 0 Å². The van der Waals surface area contributed by atoms with Crippen LogP contribution >= 0.6 is 0 Å². The first-order valence-corrected chi connectivity index (χ1v) is 20.7. The molecule has 39 heavy (non-hydrogen) atoms. The third-order valence-corrected chi connectivity index (χ3v) is 10.8. The molecule has 0 aliphatic heterocycles. The van der Waals surface area contributed by atoms with Crippen molar-refractivity contribution in [3.05, 3.63) is 95.8 Å². The Kier molecular flexibility index (Phi) is 11.8. The number of benzene rings is 2. The standard InChI is InChI=1S/C19H26NSi.C15H18NSi.Ir/c1-14(2)11-17-12-18(16-9-7-15(3)8-10-16)20-13-19(17)21(4,5)6;1-12-10-14(13-8-6-5-7-9-13)16-11-15(12)17(2,3)4;/h7-9,12-14H,11H2,1-6H3;5-8,10-11H,1-4H3;/q2*-1;. The van der Waals surface area contributed by atoms with Gasteiger partial charge in [0.05, 0.1) is 16.1 Å². The second-order valence-corrected chi connectivity index (χ2v) is 22.8. The van der Waals surface area contributed by atoms with Gasteiger partial charge in [-0.2, -0.15) is 0 Å². The second-order valence-electron chi connectivity index (χ2n) is 12.8. The summed E-state index contributed by atoms with van der Waals surface area (Å²) in [5.41, 5.74) is 8.29. The molecule has 2 aromatic carbocycles. The monoisotopic (exact) mass is 729 g/mol. The van der Waals surface area contributed by atoms with Crippen LogP contribution < -0.4 is 10.4 Å². The van der Waals surface area contributed by atoms with Crippen LogP contribution in [0.15, 0.2) is 67.0 Å². The fraction of sp³-hybridized carbons (Fsp3) is 0.353. The molecule has 0 amide bonds. The van der Waals surface area contributed by atoms with Gasteiger partial charge in [-0.25, -0.2) is 0 Å². The summed E-state index contributed by atoms with van der Waals surface area (Å²) in [7, 11) is -2.62. The molecule has 0 saturated heterocycles. The zero-order chi connectivity index (χ0) is 28.1. The molecule has 4 rings (SSSR count). The Labute approximate surface area is 253 Å². The number of rotatable bonds is 6. The summed E-state index contributed by atoms with van der Waals surface area (Å²) in [4.78, 5) is 9.30. The van der Waals surface area contributed by atoms with Crippen molar-refractivity contribution in [1.82, 2.24) is 9.97 Å². The van der Waals surface area contributed by atoms with E-state index in [2.05, 4.69) is 127 Å². The Morgan fingerprint density at radius 3 is 1.82 bits per heavy atom. The van der Waals surface area contributed by atoms with E-state index in [4.69, 9.17) is 4.98 Å². The number of nitrogens with zero attached hydrogens (tertiary/aromatic N) is 2. The molecule has 4 aromatic rings. The van der Waals surface area contributed by atoms with Crippen molar-refractivity contribution in [2.45, 2.75) is 73.4 Å². The van der Waals surface area contributed by atoms with Crippen molar-refractivity contribution in [1.29, 1.82) is 0 Å². The summed E-state index contributed by atoms with van der Waals surface area (Å²) in [6.07, 6.45) is 5.30. The molecule has 1 radical (unpaired) electrons. The molecule has 0 unspecified atom stereocenters. The summed E-state index contributed by atoms with van der Waals surface area (Å²) in [6.45, 7) is 23.1. The minimum atomic E-state index is -1.35. The van der Waals surface area contributed by atoms with Crippen LogP contribution in [-0.4, -0.2) is 26.1 Å². The summed E-state index contributed by atoms with van der Waals surface area (Å²) < 4.78 is 0. The molecule has 2 heterocycles. The van der Waals surface area contributed by atoms with Gasteiger partial charge in [-0.05, 0) is 41.0 Å². The smallest absolute Gasteiger partial charge is 0.0798 e. The molecule has 0 spiro atoms. The third kappa shape index (κ3) is 9.46. The van der Waals surface area contributed by atoms with E-state index >= 15 is 0 Å². The first kappa shape index (κ1) is 33.0. The average molecular weight is 729 g/mol. The molecule has 0 aliphatic carbocycles. The zero-order valence-corrected chi connectivity index (χ0v) is 29.8. The van der Waals surface area contributed by atoms with Crippen molar-refractivity contribution in [3.8, 4) is 22.5 Å². The minimum absolute atomic E-state index is 0. The van der Waals surface area contributed by atoms with Crippen molar-refractivity contribution in [2.75, 3.05) is 0 Å². The van der Waals surface area contributed by atoms with Gasteiger partial charge in [0.15, 0.2) is 0 Å². The first-order valence-electron chi connectivity index (χ1n) is 13.7. The van der Waals surface area contributed by atoms with Gasteiger partial charge >= 0.3 is 0 Å². The number of hydrogen-bond donors (Lipinski definition) is 0. The van der Waals surface area contributed by atoms with Crippen LogP contribution in [0, 0.1) is 31.9 Å². The number of aryl methyl sites for hydroxylation is 2. The van der Waals surface area contributed by atoms with Crippen molar-refractivity contribution in [3.63, 3.8) is 0 Å². The Balaban J connectivity index is 0.000000272. The molecule has 2 nitrogen and oxygen atoms in total. The van der Waals surface area contributed by atoms with E-state index in [9.17, 15) is 0 Å². The normalized spacial score (nSPS) is 11.5. The molecule has 0 aliphatic rings. The maximum atomic E-state index is 4.72.